The van der Waals surface area contributed by atoms with Gasteiger partial charge in [0.1, 0.15) is 91.6 Å². The van der Waals surface area contributed by atoms with Crippen molar-refractivity contribution in [2.24, 2.45) is 0 Å². The number of carboxylic acids is 1. The normalized spacial score (nSPS) is 52.0. The number of carboxylic acid groups (broad SMARTS) is 1. The highest BCUT2D eigenvalue weighted by Crippen LogP contribution is 2.32. The van der Waals surface area contributed by atoms with Gasteiger partial charge in [0.25, 0.3) is 0 Å². The molecule has 23 heteroatoms. The molecule has 1 unspecified atom stereocenters. The van der Waals surface area contributed by atoms with Gasteiger partial charge in [-0.2, -0.15) is 0 Å². The van der Waals surface area contributed by atoms with Crippen molar-refractivity contribution >= 4 is 5.97 Å². The minimum atomic E-state index is -1.90. The Labute approximate surface area is 282 Å². The molecule has 0 saturated carbocycles. The highest BCUT2D eigenvalue weighted by molar-refractivity contribution is 5.73. The van der Waals surface area contributed by atoms with Gasteiger partial charge in [-0.1, -0.05) is 0 Å². The first-order valence-electron chi connectivity index (χ1n) is 15.6. The number of aliphatic hydroxyl groups is 11. The Kier molecular flexibility index (Phi) is 13.3. The van der Waals surface area contributed by atoms with Crippen LogP contribution in [0.5, 0.6) is 0 Å². The molecule has 0 bridgehead atoms. The van der Waals surface area contributed by atoms with Gasteiger partial charge < -0.3 is 109 Å². The van der Waals surface area contributed by atoms with Gasteiger partial charge in [0.15, 0.2) is 37.6 Å². The molecule has 5 rings (SSSR count). The zero-order chi connectivity index (χ0) is 36.6. The largest absolute Gasteiger partial charge is 0.479 e. The molecule has 0 aromatic heterocycles. The van der Waals surface area contributed by atoms with Crippen LogP contribution in [0, 0.1) is 0 Å². The summed E-state index contributed by atoms with van der Waals surface area (Å²) in [6.07, 6.45) is -35.0. The Morgan fingerprint density at radius 1 is 0.500 bits per heavy atom. The maximum Gasteiger partial charge on any atom is 0.335 e. The molecule has 5 heterocycles. The van der Waals surface area contributed by atoms with Crippen LogP contribution in [0.4, 0.5) is 0 Å². The van der Waals surface area contributed by atoms with Crippen LogP contribution in [0.2, 0.25) is 0 Å². The highest BCUT2D eigenvalue weighted by Gasteiger charge is 2.53. The lowest BCUT2D eigenvalue weighted by molar-refractivity contribution is -0.374. The van der Waals surface area contributed by atoms with Gasteiger partial charge >= 0.3 is 5.97 Å². The van der Waals surface area contributed by atoms with E-state index in [1.807, 2.05) is 0 Å². The third-order valence-corrected chi connectivity index (χ3v) is 9.03. The van der Waals surface area contributed by atoms with Gasteiger partial charge in [-0.05, 0) is 0 Å². The van der Waals surface area contributed by atoms with Crippen LogP contribution in [0.15, 0.2) is 0 Å². The van der Waals surface area contributed by atoms with Crippen molar-refractivity contribution < 1.29 is 113 Å². The van der Waals surface area contributed by atoms with Gasteiger partial charge in [0.05, 0.1) is 26.4 Å². The second-order valence-corrected chi connectivity index (χ2v) is 12.4. The van der Waals surface area contributed by atoms with Crippen LogP contribution >= 0.6 is 0 Å². The van der Waals surface area contributed by atoms with Crippen molar-refractivity contribution in [2.75, 3.05) is 33.5 Å². The summed E-state index contributed by atoms with van der Waals surface area (Å²) in [6.45, 7) is -1.85. The predicted octanol–water partition coefficient (Wildman–Crippen LogP) is -8.62. The van der Waals surface area contributed by atoms with E-state index in [0.29, 0.717) is 0 Å². The summed E-state index contributed by atoms with van der Waals surface area (Å²) in [7, 11) is 1.09. The molecule has 0 radical (unpaired) electrons. The average molecular weight is 737 g/mol. The predicted molar refractivity (Wildman–Crippen MR) is 148 cm³/mol. The van der Waals surface area contributed by atoms with Gasteiger partial charge in [-0.15, -0.1) is 0 Å². The van der Waals surface area contributed by atoms with E-state index >= 15 is 0 Å². The van der Waals surface area contributed by atoms with E-state index in [9.17, 15) is 66.1 Å². The van der Waals surface area contributed by atoms with E-state index < -0.39 is 155 Å². The summed E-state index contributed by atoms with van der Waals surface area (Å²) in [5.74, 6) is -1.57. The lowest BCUT2D eigenvalue weighted by Crippen LogP contribution is -2.65. The van der Waals surface area contributed by atoms with E-state index in [1.165, 1.54) is 0 Å². The summed E-state index contributed by atoms with van der Waals surface area (Å²) in [5, 5.41) is 124. The molecule has 5 saturated heterocycles. The van der Waals surface area contributed by atoms with Crippen LogP contribution in [0.3, 0.4) is 0 Å². The Balaban J connectivity index is 1.17. The van der Waals surface area contributed by atoms with Crippen LogP contribution in [-0.4, -0.2) is 230 Å². The van der Waals surface area contributed by atoms with E-state index in [2.05, 4.69) is 0 Å². The van der Waals surface area contributed by atoms with Crippen molar-refractivity contribution in [3.05, 3.63) is 0 Å². The maximum atomic E-state index is 11.7. The molecule has 5 aliphatic rings. The standard InChI is InChI=1S/C27H44O23/c1-41-19-14(33)18(37)26(50-21(19)22(38)39)49-20-10(29)6(28)2-43-27(20)48-9-5-45-25(17(36)13(9)32)47-8-4-44-24(16(35)12(8)31)46-7-3-42-23(40)15(34)11(7)30/h6-21,23-37,40H,2-5H2,1H3,(H,38,39)/t6-,7-,8-,9-,10+,11+,12+,13+,14-,15-,16-,17-,18-,19+,20-,21+,23?,24+,25+,26+,27+/m1/s1. The molecule has 50 heavy (non-hydrogen) atoms. The Bertz CT molecular complexity index is 1100. The molecule has 0 aliphatic carbocycles. The molecule has 0 aromatic carbocycles. The molecule has 0 aromatic rings. The number of carbonyl (C=O) groups is 1. The molecule has 23 nitrogen and oxygen atoms in total. The number of hydrogen-bond donors (Lipinski definition) is 12. The van der Waals surface area contributed by atoms with E-state index in [0.717, 1.165) is 7.11 Å². The van der Waals surface area contributed by atoms with Crippen molar-refractivity contribution in [2.45, 2.75) is 129 Å². The van der Waals surface area contributed by atoms with Crippen molar-refractivity contribution in [3.8, 4) is 0 Å². The molecule has 5 aliphatic heterocycles. The minimum absolute atomic E-state index is 0.372. The van der Waals surface area contributed by atoms with E-state index in [4.69, 9.17) is 47.4 Å². The first-order valence-corrected chi connectivity index (χ1v) is 15.6. The molecular weight excluding hydrogens is 692 g/mol. The Morgan fingerprint density at radius 3 is 1.48 bits per heavy atom. The molecule has 0 amide bonds. The lowest BCUT2D eigenvalue weighted by Gasteiger charge is -2.46. The fourth-order valence-electron chi connectivity index (χ4n) is 6.02. The zero-order valence-electron chi connectivity index (χ0n) is 26.3. The first-order chi connectivity index (χ1) is 23.6. The number of rotatable bonds is 10. The fraction of sp³-hybridized carbons (Fsp3) is 0.963. The van der Waals surface area contributed by atoms with Crippen molar-refractivity contribution in [3.63, 3.8) is 0 Å². The zero-order valence-corrected chi connectivity index (χ0v) is 26.3. The van der Waals surface area contributed by atoms with Gasteiger partial charge in [-0.25, -0.2) is 4.79 Å². The third kappa shape index (κ3) is 8.23. The Morgan fingerprint density at radius 2 is 0.960 bits per heavy atom. The number of hydrogen-bond acceptors (Lipinski definition) is 22. The quantitative estimate of drug-likeness (QED) is 0.0990. The average Bonchev–Trinajstić information content (AvgIpc) is 3.08. The van der Waals surface area contributed by atoms with Crippen LogP contribution in [-0.2, 0) is 52.2 Å². The fourth-order valence-corrected chi connectivity index (χ4v) is 6.02. The Hall–Kier alpha value is -1.37. The topological polar surface area (TPSA) is 352 Å². The molecule has 290 valence electrons. The number of aliphatic hydroxyl groups excluding tert-OH is 11. The molecule has 12 N–H and O–H groups in total. The van der Waals surface area contributed by atoms with Gasteiger partial charge in [0.2, 0.25) is 0 Å². The maximum absolute atomic E-state index is 11.7. The molecular formula is C27H44O23. The highest BCUT2D eigenvalue weighted by atomic mass is 16.8. The number of methoxy groups -OCH3 is 1. The molecule has 5 fully saturated rings. The van der Waals surface area contributed by atoms with E-state index in [1.54, 1.807) is 0 Å². The summed E-state index contributed by atoms with van der Waals surface area (Å²) in [5.41, 5.74) is 0. The SMILES string of the molecule is CO[C@H]1[C@H](O)[C@@H](O)[C@@H](O[C@H]2[C@H](O[C@@H]3CO[C@@H](O[C@@H]4CO[C@@H](O[C@@H]5COC(O)[C@H](O)[C@H]5O)[C@H](O)[C@H]4O)[C@H](O)[C@H]3O)OC[C@@H](O)[C@@H]2O)O[C@@H]1C(=O)O. The first kappa shape index (κ1) is 39.8. The van der Waals surface area contributed by atoms with Crippen molar-refractivity contribution in [1.82, 2.24) is 0 Å². The summed E-state index contributed by atoms with van der Waals surface area (Å²) < 4.78 is 53.7. The number of aliphatic carboxylic acids is 1. The van der Waals surface area contributed by atoms with Gasteiger partial charge in [0, 0.05) is 7.11 Å². The van der Waals surface area contributed by atoms with Crippen LogP contribution in [0.25, 0.3) is 0 Å². The molecule has 21 atom stereocenters. The minimum Gasteiger partial charge on any atom is -0.479 e. The molecule has 0 spiro atoms. The third-order valence-electron chi connectivity index (χ3n) is 9.03. The second kappa shape index (κ2) is 16.8. The summed E-state index contributed by atoms with van der Waals surface area (Å²) in [4.78, 5) is 11.7. The smallest absolute Gasteiger partial charge is 0.335 e. The number of ether oxygens (including phenoxy) is 10. The van der Waals surface area contributed by atoms with E-state index in [-0.39, 0.29) is 6.61 Å². The second-order valence-electron chi connectivity index (χ2n) is 12.4. The monoisotopic (exact) mass is 736 g/mol. The summed E-state index contributed by atoms with van der Waals surface area (Å²) >= 11 is 0. The summed E-state index contributed by atoms with van der Waals surface area (Å²) in [6, 6.07) is 0. The van der Waals surface area contributed by atoms with Gasteiger partial charge in [-0.3, -0.25) is 0 Å². The van der Waals surface area contributed by atoms with Crippen molar-refractivity contribution in [1.29, 1.82) is 0 Å². The van der Waals surface area contributed by atoms with Crippen LogP contribution < -0.4 is 0 Å². The lowest BCUT2D eigenvalue weighted by atomic mass is 9.98. The van der Waals surface area contributed by atoms with Crippen LogP contribution in [0.1, 0.15) is 0 Å².